The van der Waals surface area contributed by atoms with E-state index in [2.05, 4.69) is 18.8 Å². The van der Waals surface area contributed by atoms with Gasteiger partial charge in [0.05, 0.1) is 17.4 Å². The molecular weight excluding hydrogens is 276 g/mol. The zero-order valence-corrected chi connectivity index (χ0v) is 12.7. The second kappa shape index (κ2) is 5.64. The van der Waals surface area contributed by atoms with E-state index in [0.717, 1.165) is 5.56 Å². The topological polar surface area (TPSA) is 54.9 Å². The maximum Gasteiger partial charge on any atom is 0.329 e. The summed E-state index contributed by atoms with van der Waals surface area (Å²) in [4.78, 5) is 27.4. The lowest BCUT2D eigenvalue weighted by Gasteiger charge is -2.09. The first kappa shape index (κ1) is 14.3. The molecule has 1 aromatic heterocycles. The molecule has 0 fully saturated rings. The van der Waals surface area contributed by atoms with Crippen molar-refractivity contribution < 1.29 is 0 Å². The Morgan fingerprint density at radius 3 is 2.36 bits per heavy atom. The third kappa shape index (κ3) is 2.60. The molecule has 0 aliphatic rings. The van der Waals surface area contributed by atoms with E-state index in [0.29, 0.717) is 16.8 Å². The van der Waals surface area contributed by atoms with E-state index in [-0.39, 0.29) is 17.8 Å². The third-order valence-corrected chi connectivity index (χ3v) is 3.88. The van der Waals surface area contributed by atoms with Crippen molar-refractivity contribution in [1.82, 2.24) is 9.55 Å². The lowest BCUT2D eigenvalue weighted by molar-refractivity contribution is 0.711. The van der Waals surface area contributed by atoms with Crippen LogP contribution in [0.5, 0.6) is 0 Å². The summed E-state index contributed by atoms with van der Waals surface area (Å²) < 4.78 is 1.24. The number of aromatic amines is 1. The van der Waals surface area contributed by atoms with Crippen LogP contribution < -0.4 is 11.2 Å². The van der Waals surface area contributed by atoms with Crippen molar-refractivity contribution in [2.45, 2.75) is 26.3 Å². The van der Waals surface area contributed by atoms with Crippen molar-refractivity contribution in [1.29, 1.82) is 0 Å². The Bertz CT molecular complexity index is 918. The Kier molecular flexibility index (Phi) is 3.67. The number of H-pyrrole nitrogens is 1. The molecule has 112 valence electrons. The molecule has 0 aliphatic heterocycles. The lowest BCUT2D eigenvalue weighted by Crippen LogP contribution is -2.35. The number of rotatable bonds is 3. The Morgan fingerprint density at radius 2 is 1.68 bits per heavy atom. The average molecular weight is 294 g/mol. The van der Waals surface area contributed by atoms with E-state index in [4.69, 9.17) is 0 Å². The molecule has 0 radical (unpaired) electrons. The number of para-hydroxylation sites is 1. The fraction of sp³-hybridized carbons (Fsp3) is 0.222. The summed E-state index contributed by atoms with van der Waals surface area (Å²) in [6, 6.07) is 15.1. The van der Waals surface area contributed by atoms with Gasteiger partial charge in [0.1, 0.15) is 0 Å². The van der Waals surface area contributed by atoms with E-state index in [1.54, 1.807) is 24.3 Å². The SMILES string of the molecule is CC(C)c1ccc(Cn2c(=O)[nH]c3ccccc3c2=O)cc1. The van der Waals surface area contributed by atoms with Crippen LogP contribution in [0.25, 0.3) is 10.9 Å². The molecule has 0 bridgehead atoms. The molecule has 0 unspecified atom stereocenters. The Morgan fingerprint density at radius 1 is 1.00 bits per heavy atom. The van der Waals surface area contributed by atoms with E-state index in [1.165, 1.54) is 10.1 Å². The van der Waals surface area contributed by atoms with Crippen molar-refractivity contribution in [2.24, 2.45) is 0 Å². The highest BCUT2D eigenvalue weighted by molar-refractivity contribution is 5.76. The minimum atomic E-state index is -0.378. The quantitative estimate of drug-likeness (QED) is 0.807. The number of fused-ring (bicyclic) bond motifs is 1. The fourth-order valence-corrected chi connectivity index (χ4v) is 2.53. The molecule has 22 heavy (non-hydrogen) atoms. The number of benzene rings is 2. The maximum absolute atomic E-state index is 12.5. The van der Waals surface area contributed by atoms with Gasteiger partial charge in [-0.3, -0.25) is 9.36 Å². The first-order chi connectivity index (χ1) is 10.6. The van der Waals surface area contributed by atoms with E-state index in [1.807, 2.05) is 24.3 Å². The zero-order chi connectivity index (χ0) is 15.7. The van der Waals surface area contributed by atoms with Gasteiger partial charge in [-0.05, 0) is 29.2 Å². The molecule has 0 amide bonds. The fourth-order valence-electron chi connectivity index (χ4n) is 2.53. The van der Waals surface area contributed by atoms with Crippen LogP contribution in [0, 0.1) is 0 Å². The van der Waals surface area contributed by atoms with Gasteiger partial charge in [-0.15, -0.1) is 0 Å². The Balaban J connectivity index is 2.04. The van der Waals surface area contributed by atoms with E-state index in [9.17, 15) is 9.59 Å². The standard InChI is InChI=1S/C18H18N2O2/c1-12(2)14-9-7-13(8-10-14)11-20-17(21)15-5-3-4-6-16(15)19-18(20)22/h3-10,12H,11H2,1-2H3,(H,19,22). The first-order valence-electron chi connectivity index (χ1n) is 7.37. The molecule has 4 heteroatoms. The monoisotopic (exact) mass is 294 g/mol. The van der Waals surface area contributed by atoms with Gasteiger partial charge in [0.25, 0.3) is 5.56 Å². The molecule has 0 aliphatic carbocycles. The number of aromatic nitrogens is 2. The highest BCUT2D eigenvalue weighted by atomic mass is 16.2. The van der Waals surface area contributed by atoms with Crippen LogP contribution >= 0.6 is 0 Å². The smallest absolute Gasteiger partial charge is 0.307 e. The summed E-state index contributed by atoms with van der Waals surface area (Å²) in [5.41, 5.74) is 2.11. The molecule has 1 N–H and O–H groups in total. The Labute approximate surface area is 128 Å². The highest BCUT2D eigenvalue weighted by Gasteiger charge is 2.08. The molecule has 2 aromatic carbocycles. The van der Waals surface area contributed by atoms with Gasteiger partial charge in [-0.25, -0.2) is 4.79 Å². The van der Waals surface area contributed by atoms with Crippen molar-refractivity contribution >= 4 is 10.9 Å². The predicted molar refractivity (Wildman–Crippen MR) is 88.5 cm³/mol. The van der Waals surface area contributed by atoms with Crippen molar-refractivity contribution in [3.8, 4) is 0 Å². The van der Waals surface area contributed by atoms with Gasteiger partial charge >= 0.3 is 5.69 Å². The van der Waals surface area contributed by atoms with E-state index < -0.39 is 0 Å². The Hall–Kier alpha value is -2.62. The van der Waals surface area contributed by atoms with Crippen LogP contribution in [-0.2, 0) is 6.54 Å². The summed E-state index contributed by atoms with van der Waals surface area (Å²) >= 11 is 0. The van der Waals surface area contributed by atoms with Gasteiger partial charge in [0.15, 0.2) is 0 Å². The molecule has 4 nitrogen and oxygen atoms in total. The third-order valence-electron chi connectivity index (χ3n) is 3.88. The van der Waals surface area contributed by atoms with Gasteiger partial charge in [0.2, 0.25) is 0 Å². The summed E-state index contributed by atoms with van der Waals surface area (Å²) in [6.07, 6.45) is 0. The largest absolute Gasteiger partial charge is 0.329 e. The van der Waals surface area contributed by atoms with Crippen LogP contribution in [0.1, 0.15) is 30.9 Å². The minimum absolute atomic E-state index is 0.257. The molecule has 0 spiro atoms. The highest BCUT2D eigenvalue weighted by Crippen LogP contribution is 2.15. The minimum Gasteiger partial charge on any atom is -0.307 e. The zero-order valence-electron chi connectivity index (χ0n) is 12.7. The first-order valence-corrected chi connectivity index (χ1v) is 7.37. The molecule has 0 atom stereocenters. The summed E-state index contributed by atoms with van der Waals surface area (Å²) in [7, 11) is 0. The van der Waals surface area contributed by atoms with E-state index >= 15 is 0 Å². The predicted octanol–water partition coefficient (Wildman–Crippen LogP) is 2.86. The molecule has 3 rings (SSSR count). The summed E-state index contributed by atoms with van der Waals surface area (Å²) in [5, 5.41) is 0.529. The number of nitrogens with one attached hydrogen (secondary N) is 1. The van der Waals surface area contributed by atoms with Crippen molar-refractivity contribution in [3.05, 3.63) is 80.5 Å². The van der Waals surface area contributed by atoms with Crippen LogP contribution in [-0.4, -0.2) is 9.55 Å². The second-order valence-corrected chi connectivity index (χ2v) is 5.76. The lowest BCUT2D eigenvalue weighted by atomic mass is 10.0. The second-order valence-electron chi connectivity index (χ2n) is 5.76. The average Bonchev–Trinajstić information content (AvgIpc) is 2.52. The van der Waals surface area contributed by atoms with Gasteiger partial charge in [-0.1, -0.05) is 50.2 Å². The van der Waals surface area contributed by atoms with Gasteiger partial charge < -0.3 is 4.98 Å². The summed E-state index contributed by atoms with van der Waals surface area (Å²) in [5.74, 6) is 0.459. The van der Waals surface area contributed by atoms with Crippen LogP contribution in [0.3, 0.4) is 0 Å². The maximum atomic E-state index is 12.5. The molecule has 1 heterocycles. The van der Waals surface area contributed by atoms with Crippen molar-refractivity contribution in [3.63, 3.8) is 0 Å². The van der Waals surface area contributed by atoms with Crippen LogP contribution in [0.15, 0.2) is 58.1 Å². The number of hydrogen-bond donors (Lipinski definition) is 1. The van der Waals surface area contributed by atoms with Gasteiger partial charge in [-0.2, -0.15) is 0 Å². The number of hydrogen-bond acceptors (Lipinski definition) is 2. The molecular formula is C18H18N2O2. The molecule has 0 saturated heterocycles. The van der Waals surface area contributed by atoms with Gasteiger partial charge in [0, 0.05) is 0 Å². The molecule has 3 aromatic rings. The normalized spacial score (nSPS) is 11.2. The molecule has 0 saturated carbocycles. The summed E-state index contributed by atoms with van der Waals surface area (Å²) in [6.45, 7) is 4.54. The number of nitrogens with zero attached hydrogens (tertiary/aromatic N) is 1. The van der Waals surface area contributed by atoms with Crippen LogP contribution in [0.2, 0.25) is 0 Å². The van der Waals surface area contributed by atoms with Crippen molar-refractivity contribution in [2.75, 3.05) is 0 Å². The van der Waals surface area contributed by atoms with Crippen LogP contribution in [0.4, 0.5) is 0 Å².